The van der Waals surface area contributed by atoms with Gasteiger partial charge < -0.3 is 43.1 Å². The molecule has 0 aromatic heterocycles. The monoisotopic (exact) mass is 644 g/mol. The van der Waals surface area contributed by atoms with Crippen LogP contribution < -0.4 is 58.9 Å². The van der Waals surface area contributed by atoms with Crippen LogP contribution in [0.3, 0.4) is 0 Å². The van der Waals surface area contributed by atoms with Crippen molar-refractivity contribution in [1.29, 1.82) is 0 Å². The van der Waals surface area contributed by atoms with Crippen LogP contribution in [0.1, 0.15) is 0 Å². The van der Waals surface area contributed by atoms with Crippen LogP contribution in [0.25, 0.3) is 0 Å². The Kier molecular flexibility index (Phi) is 15.6. The summed E-state index contributed by atoms with van der Waals surface area (Å²) in [5.41, 5.74) is 0. The molecule has 0 spiro atoms. The first-order valence-electron chi connectivity index (χ1n) is 5.38. The summed E-state index contributed by atoms with van der Waals surface area (Å²) < 4.78 is 91.1. The molecule has 3 rings (SSSR count). The van der Waals surface area contributed by atoms with E-state index in [2.05, 4.69) is 56.1 Å². The minimum Gasteiger partial charge on any atom is -0.789 e. The van der Waals surface area contributed by atoms with E-state index in [1.54, 1.807) is 0 Å². The average Bonchev–Trinajstić information content (AvgIpc) is 2.38. The molecule has 0 unspecified atom stereocenters. The van der Waals surface area contributed by atoms with E-state index in [0.717, 1.165) is 0 Å². The fraction of sp³-hybridized carbons (Fsp3) is 0. The van der Waals surface area contributed by atoms with Gasteiger partial charge in [-0.05, 0) is 15.1 Å². The standard InChI is InChI=1S/Na.3H2O8P2.V/c;3*1-9(2,3)8-10(4)6-5-7-10;/h;3*(H2,1,2,3);/q+1;;;;+5/p-6. The summed E-state index contributed by atoms with van der Waals surface area (Å²) in [7, 11) is -28.7. The summed E-state index contributed by atoms with van der Waals surface area (Å²) >= 11 is 0. The second-order valence-corrected chi connectivity index (χ2v) is 11.8. The van der Waals surface area contributed by atoms with Crippen molar-refractivity contribution >= 4 is 46.9 Å². The fourth-order valence-corrected chi connectivity index (χ4v) is 4.76. The molecule has 0 saturated carbocycles. The Morgan fingerprint density at radius 1 is 0.500 bits per heavy atom. The van der Waals surface area contributed by atoms with Crippen molar-refractivity contribution in [1.82, 2.24) is 0 Å². The molecular weight excluding hydrogens is 644 g/mol. The Morgan fingerprint density at radius 3 is 0.688 bits per heavy atom. The third kappa shape index (κ3) is 16.1. The number of phosphoric acid groups is 6. The van der Waals surface area contributed by atoms with Crippen LogP contribution in [-0.4, -0.2) is 0 Å². The van der Waals surface area contributed by atoms with E-state index in [-0.39, 0.29) is 48.1 Å². The van der Waals surface area contributed by atoms with Crippen molar-refractivity contribution in [3.8, 4) is 0 Å². The third-order valence-electron chi connectivity index (χ3n) is 1.33. The second-order valence-electron chi connectivity index (χ2n) is 3.58. The molecule has 0 bridgehead atoms. The number of hydrogen-bond donors (Lipinski definition) is 0. The molecule has 32 heteroatoms. The normalized spacial score (nSPS) is 22.3. The Labute approximate surface area is 207 Å². The molecule has 0 aromatic carbocycles. The minimum atomic E-state index is -5.35. The van der Waals surface area contributed by atoms with E-state index in [4.69, 9.17) is 0 Å². The molecule has 180 valence electrons. The van der Waals surface area contributed by atoms with Crippen molar-refractivity contribution < 1.29 is 161 Å². The van der Waals surface area contributed by atoms with Crippen LogP contribution in [0.5, 0.6) is 0 Å². The van der Waals surface area contributed by atoms with Crippen molar-refractivity contribution in [3.63, 3.8) is 0 Å². The van der Waals surface area contributed by atoms with Gasteiger partial charge in [-0.25, -0.2) is 13.7 Å². The van der Waals surface area contributed by atoms with Crippen molar-refractivity contribution in [2.24, 2.45) is 0 Å². The molecule has 0 aliphatic carbocycles. The van der Waals surface area contributed by atoms with E-state index in [0.29, 0.717) is 0 Å². The van der Waals surface area contributed by atoms with Crippen LogP contribution in [0.2, 0.25) is 0 Å². The van der Waals surface area contributed by atoms with Gasteiger partial charge in [0.25, 0.3) is 0 Å². The van der Waals surface area contributed by atoms with Gasteiger partial charge in [-0.3, -0.25) is 12.9 Å². The molecular formula is NaO24P6V. The van der Waals surface area contributed by atoms with E-state index in [9.17, 15) is 56.8 Å². The zero-order valence-corrected chi connectivity index (χ0v) is 22.7. The molecule has 32 heavy (non-hydrogen) atoms. The smallest absolute Gasteiger partial charge is 0.789 e. The van der Waals surface area contributed by atoms with Crippen molar-refractivity contribution in [2.45, 2.75) is 0 Å². The molecule has 0 amide bonds. The SMILES string of the molecule is O=P([O-])([O-])OP1(=O)OOO1.O=P([O-])([O-])OP1(=O)OOO1.O=P([O-])([O-])OP1(=O)OOO1.[Na+].[V+5]. The van der Waals surface area contributed by atoms with E-state index < -0.39 is 46.9 Å². The van der Waals surface area contributed by atoms with Gasteiger partial charge in [-0.15, -0.1) is 0 Å². The molecule has 3 aliphatic heterocycles. The average molecular weight is 644 g/mol. The van der Waals surface area contributed by atoms with Gasteiger partial charge in [-0.2, -0.15) is 0 Å². The maximum absolute atomic E-state index is 10.3. The molecule has 3 fully saturated rings. The minimum absolute atomic E-state index is 0. The summed E-state index contributed by atoms with van der Waals surface area (Å²) in [4.78, 5) is 58.2. The van der Waals surface area contributed by atoms with E-state index in [1.165, 1.54) is 0 Å². The predicted molar refractivity (Wildman–Crippen MR) is 58.7 cm³/mol. The maximum Gasteiger partial charge on any atom is 5.00 e. The van der Waals surface area contributed by atoms with E-state index in [1.807, 2.05) is 0 Å². The summed E-state index contributed by atoms with van der Waals surface area (Å²) in [5, 5.41) is 10.2. The Hall–Kier alpha value is 2.24. The first kappa shape index (κ1) is 36.4. The molecule has 0 N–H and O–H groups in total. The first-order valence-corrected chi connectivity index (χ1v) is 14.1. The van der Waals surface area contributed by atoms with Crippen LogP contribution >= 0.6 is 46.9 Å². The Bertz CT molecular complexity index is 731. The van der Waals surface area contributed by atoms with E-state index >= 15 is 0 Å². The van der Waals surface area contributed by atoms with Crippen molar-refractivity contribution in [3.05, 3.63) is 0 Å². The van der Waals surface area contributed by atoms with Crippen molar-refractivity contribution in [2.75, 3.05) is 0 Å². The summed E-state index contributed by atoms with van der Waals surface area (Å²) in [6, 6.07) is 0. The quantitative estimate of drug-likeness (QED) is 0.147. The van der Waals surface area contributed by atoms with Gasteiger partial charge >= 0.3 is 71.6 Å². The molecule has 3 aliphatic rings. The van der Waals surface area contributed by atoms with Gasteiger partial charge in [0.1, 0.15) is 0 Å². The Balaban J connectivity index is 0. The van der Waals surface area contributed by atoms with Gasteiger partial charge in [0.05, 0.1) is 23.5 Å². The fourth-order valence-electron chi connectivity index (χ4n) is 0.689. The van der Waals surface area contributed by atoms with Gasteiger partial charge in [0.2, 0.25) is 0 Å². The maximum atomic E-state index is 10.3. The van der Waals surface area contributed by atoms with Crippen LogP contribution in [-0.2, 0) is 102 Å². The summed E-state index contributed by atoms with van der Waals surface area (Å²) in [6.07, 6.45) is 0. The molecule has 0 atom stereocenters. The molecule has 0 aromatic rings. The largest absolute Gasteiger partial charge is 5.00 e. The van der Waals surface area contributed by atoms with Gasteiger partial charge in [-0.1, -0.05) is 28.0 Å². The number of rotatable bonds is 6. The zero-order chi connectivity index (χ0) is 23.5. The zero-order valence-electron chi connectivity index (χ0n) is 13.9. The predicted octanol–water partition coefficient (Wildman–Crippen LogP) is -6.50. The van der Waals surface area contributed by atoms with Crippen LogP contribution in [0.4, 0.5) is 0 Å². The molecule has 3 saturated heterocycles. The molecule has 24 nitrogen and oxygen atoms in total. The topological polar surface area (TPSA) is 352 Å². The summed E-state index contributed by atoms with van der Waals surface area (Å²) in [6.45, 7) is 0. The summed E-state index contributed by atoms with van der Waals surface area (Å²) in [5.74, 6) is 0. The van der Waals surface area contributed by atoms with Crippen LogP contribution in [0, 0.1) is 0 Å². The Morgan fingerprint density at radius 2 is 0.656 bits per heavy atom. The third-order valence-corrected chi connectivity index (χ3v) is 7.59. The second kappa shape index (κ2) is 13.7. The van der Waals surface area contributed by atoms with Gasteiger partial charge in [0.15, 0.2) is 0 Å². The molecule has 0 radical (unpaired) electrons. The number of hydrogen-bond acceptors (Lipinski definition) is 24. The first-order chi connectivity index (χ1) is 13.2. The van der Waals surface area contributed by atoms with Gasteiger partial charge in [0, 0.05) is 0 Å². The van der Waals surface area contributed by atoms with Crippen LogP contribution in [0.15, 0.2) is 0 Å². The molecule has 3 heterocycles.